The maximum atomic E-state index is 13.0. The Balaban J connectivity index is 0.000000751. The first-order chi connectivity index (χ1) is 15.9. The van der Waals surface area contributed by atoms with Crippen molar-refractivity contribution in [3.05, 3.63) is 34.3 Å². The van der Waals surface area contributed by atoms with Crippen LogP contribution in [0.2, 0.25) is 5.02 Å². The van der Waals surface area contributed by atoms with E-state index < -0.39 is 11.6 Å². The highest BCUT2D eigenvalue weighted by atomic mass is 35.5. The van der Waals surface area contributed by atoms with E-state index >= 15 is 0 Å². The molecule has 0 radical (unpaired) electrons. The molecule has 0 heterocycles. The van der Waals surface area contributed by atoms with Gasteiger partial charge >= 0.3 is 0 Å². The van der Waals surface area contributed by atoms with E-state index in [0.717, 1.165) is 56.2 Å². The summed E-state index contributed by atoms with van der Waals surface area (Å²) in [4.78, 5) is 22.0. The molecule has 4 bridgehead atoms. The van der Waals surface area contributed by atoms with Crippen LogP contribution < -0.4 is 10.6 Å². The Bertz CT molecular complexity index is 825. The predicted octanol–water partition coefficient (Wildman–Crippen LogP) is 4.67. The van der Waals surface area contributed by atoms with Gasteiger partial charge in [-0.05, 0) is 113 Å². The third-order valence-electron chi connectivity index (χ3n) is 7.44. The van der Waals surface area contributed by atoms with E-state index in [2.05, 4.69) is 10.6 Å². The number of halogens is 1. The average Bonchev–Trinajstić information content (AvgIpc) is 2.71. The molecule has 1 aromatic carbocycles. The Hall–Kier alpha value is -1.63. The van der Waals surface area contributed by atoms with E-state index in [1.165, 1.54) is 38.5 Å². The monoisotopic (exact) mass is 492 g/mol. The topological polar surface area (TPSA) is 98.7 Å². The lowest BCUT2D eigenvalue weighted by atomic mass is 9.49. The van der Waals surface area contributed by atoms with Gasteiger partial charge in [-0.2, -0.15) is 0 Å². The molecule has 7 heteroatoms. The largest absolute Gasteiger partial charge is 0.481 e. The fourth-order valence-electron chi connectivity index (χ4n) is 6.58. The Labute approximate surface area is 208 Å². The number of carbonyl (C=O) groups is 2. The number of carbonyl (C=O) groups excluding carboxylic acids is 1. The summed E-state index contributed by atoms with van der Waals surface area (Å²) in [7, 11) is 0. The van der Waals surface area contributed by atoms with Gasteiger partial charge in [0, 0.05) is 20.0 Å². The van der Waals surface area contributed by atoms with Gasteiger partial charge in [-0.1, -0.05) is 17.7 Å². The molecule has 4 saturated carbocycles. The Kier molecular flexibility index (Phi) is 9.04. The molecule has 4 aliphatic rings. The van der Waals surface area contributed by atoms with Crippen LogP contribution in [0.4, 0.5) is 0 Å². The van der Waals surface area contributed by atoms with Gasteiger partial charge in [0.25, 0.3) is 11.9 Å². The highest BCUT2D eigenvalue weighted by Crippen LogP contribution is 2.59. The molecule has 4 aliphatic carbocycles. The minimum atomic E-state index is -0.833. The predicted molar refractivity (Wildman–Crippen MR) is 135 cm³/mol. The van der Waals surface area contributed by atoms with Gasteiger partial charge in [0.2, 0.25) is 0 Å². The summed E-state index contributed by atoms with van der Waals surface area (Å²) < 4.78 is 0. The number of nitrogens with one attached hydrogen (secondary N) is 2. The molecule has 1 aromatic rings. The first-order valence-electron chi connectivity index (χ1n) is 12.6. The molecule has 1 amide bonds. The second kappa shape index (κ2) is 11.4. The standard InChI is InChI=1S/C25H37ClN2O2.C2H4O2/c1-24(2,30)15-27-7-3-4-17-5-6-22(26)21(11-17)23(29)28-16-25-12-18-8-19(13-25)10-20(9-18)14-25;1-2(3)4/h5-6,11,18-20,27,30H,3-4,7-10,12-16H2,1-2H3,(H,28,29);1H3,(H,3,4). The highest BCUT2D eigenvalue weighted by molar-refractivity contribution is 6.33. The van der Waals surface area contributed by atoms with Crippen molar-refractivity contribution >= 4 is 23.5 Å². The van der Waals surface area contributed by atoms with Gasteiger partial charge in [0.05, 0.1) is 16.2 Å². The molecule has 6 nitrogen and oxygen atoms in total. The lowest BCUT2D eigenvalue weighted by Crippen LogP contribution is -2.51. The van der Waals surface area contributed by atoms with Crippen LogP contribution in [0.3, 0.4) is 0 Å². The third-order valence-corrected chi connectivity index (χ3v) is 7.77. The van der Waals surface area contributed by atoms with Gasteiger partial charge in [-0.3, -0.25) is 9.59 Å². The van der Waals surface area contributed by atoms with Crippen molar-refractivity contribution < 1.29 is 19.8 Å². The number of aryl methyl sites for hydroxylation is 1. The number of aliphatic hydroxyl groups is 1. The number of hydrogen-bond acceptors (Lipinski definition) is 4. The van der Waals surface area contributed by atoms with Gasteiger partial charge in [-0.15, -0.1) is 0 Å². The molecule has 34 heavy (non-hydrogen) atoms. The summed E-state index contributed by atoms with van der Waals surface area (Å²) in [6, 6.07) is 5.81. The summed E-state index contributed by atoms with van der Waals surface area (Å²) in [5, 5.41) is 24.2. The number of hydrogen-bond donors (Lipinski definition) is 4. The van der Waals surface area contributed by atoms with Gasteiger partial charge in [0.15, 0.2) is 0 Å². The van der Waals surface area contributed by atoms with Crippen LogP contribution in [0, 0.1) is 23.2 Å². The number of carboxylic acids is 1. The van der Waals surface area contributed by atoms with Crippen LogP contribution in [-0.4, -0.2) is 47.3 Å². The third kappa shape index (κ3) is 7.96. The molecule has 4 fully saturated rings. The van der Waals surface area contributed by atoms with Gasteiger partial charge in [-0.25, -0.2) is 0 Å². The normalized spacial score (nSPS) is 27.1. The number of carboxylic acid groups (broad SMARTS) is 1. The lowest BCUT2D eigenvalue weighted by Gasteiger charge is -2.56. The maximum absolute atomic E-state index is 13.0. The first kappa shape index (κ1) is 27.0. The molecule has 0 unspecified atom stereocenters. The number of rotatable bonds is 9. The summed E-state index contributed by atoms with van der Waals surface area (Å²) in [5.74, 6) is 1.82. The molecule has 5 rings (SSSR count). The van der Waals surface area contributed by atoms with Crippen LogP contribution in [0.15, 0.2) is 18.2 Å². The van der Waals surface area contributed by atoms with E-state index in [-0.39, 0.29) is 5.91 Å². The van der Waals surface area contributed by atoms with E-state index in [0.29, 0.717) is 22.5 Å². The van der Waals surface area contributed by atoms with Crippen molar-refractivity contribution in [1.82, 2.24) is 10.6 Å². The molecule has 0 saturated heterocycles. The highest BCUT2D eigenvalue weighted by Gasteiger charge is 2.50. The van der Waals surface area contributed by atoms with Crippen LogP contribution >= 0.6 is 11.6 Å². The maximum Gasteiger partial charge on any atom is 0.300 e. The van der Waals surface area contributed by atoms with Crippen molar-refractivity contribution in [2.75, 3.05) is 19.6 Å². The van der Waals surface area contributed by atoms with Crippen LogP contribution in [-0.2, 0) is 11.2 Å². The lowest BCUT2D eigenvalue weighted by molar-refractivity contribution is -0.134. The fraction of sp³-hybridized carbons (Fsp3) is 0.704. The Morgan fingerprint density at radius 2 is 1.68 bits per heavy atom. The van der Waals surface area contributed by atoms with E-state index in [1.54, 1.807) is 13.8 Å². The van der Waals surface area contributed by atoms with E-state index in [1.807, 2.05) is 18.2 Å². The zero-order chi connectivity index (χ0) is 24.9. The molecule has 0 spiro atoms. The summed E-state index contributed by atoms with van der Waals surface area (Å²) in [6.45, 7) is 6.89. The zero-order valence-corrected chi connectivity index (χ0v) is 21.6. The van der Waals surface area contributed by atoms with Crippen LogP contribution in [0.25, 0.3) is 0 Å². The van der Waals surface area contributed by atoms with E-state index in [9.17, 15) is 9.90 Å². The minimum Gasteiger partial charge on any atom is -0.481 e. The molecular weight excluding hydrogens is 452 g/mol. The molecule has 4 N–H and O–H groups in total. The summed E-state index contributed by atoms with van der Waals surface area (Å²) >= 11 is 6.38. The molecule has 190 valence electrons. The van der Waals surface area contributed by atoms with Crippen LogP contribution in [0.1, 0.15) is 81.6 Å². The van der Waals surface area contributed by atoms with Crippen molar-refractivity contribution in [2.24, 2.45) is 23.2 Å². The van der Waals surface area contributed by atoms with Crippen molar-refractivity contribution in [3.63, 3.8) is 0 Å². The fourth-order valence-corrected chi connectivity index (χ4v) is 6.79. The number of amides is 1. The SMILES string of the molecule is CC(=O)O.CC(C)(O)CNCCCc1ccc(Cl)c(C(=O)NCC23CC4CC(CC(C4)C2)C3)c1. The van der Waals surface area contributed by atoms with E-state index in [4.69, 9.17) is 21.5 Å². The second-order valence-electron chi connectivity index (χ2n) is 11.5. The minimum absolute atomic E-state index is 0.0299. The molecule has 0 aliphatic heterocycles. The van der Waals surface area contributed by atoms with Crippen LogP contribution in [0.5, 0.6) is 0 Å². The number of benzene rings is 1. The smallest absolute Gasteiger partial charge is 0.300 e. The first-order valence-corrected chi connectivity index (χ1v) is 13.0. The molecule has 0 aromatic heterocycles. The second-order valence-corrected chi connectivity index (χ2v) is 11.9. The summed E-state index contributed by atoms with van der Waals surface area (Å²) in [5.41, 5.74) is 1.37. The average molecular weight is 493 g/mol. The molecular formula is C27H41ClN2O4. The zero-order valence-electron chi connectivity index (χ0n) is 20.8. The van der Waals surface area contributed by atoms with Crippen molar-refractivity contribution in [1.29, 1.82) is 0 Å². The van der Waals surface area contributed by atoms with Crippen molar-refractivity contribution in [3.8, 4) is 0 Å². The summed E-state index contributed by atoms with van der Waals surface area (Å²) in [6.07, 6.45) is 9.99. The van der Waals surface area contributed by atoms with Gasteiger partial charge in [0.1, 0.15) is 0 Å². The molecule has 0 atom stereocenters. The Morgan fingerprint density at radius 3 is 2.21 bits per heavy atom. The number of aliphatic carboxylic acids is 1. The van der Waals surface area contributed by atoms with Crippen molar-refractivity contribution in [2.45, 2.75) is 77.7 Å². The van der Waals surface area contributed by atoms with Gasteiger partial charge < -0.3 is 20.8 Å². The Morgan fingerprint density at radius 1 is 1.12 bits per heavy atom. The quantitative estimate of drug-likeness (QED) is 0.375.